The number of rotatable bonds is 14. The van der Waals surface area contributed by atoms with Gasteiger partial charge in [0.15, 0.2) is 0 Å². The van der Waals surface area contributed by atoms with E-state index in [9.17, 15) is 9.59 Å². The van der Waals surface area contributed by atoms with Crippen molar-refractivity contribution in [2.45, 2.75) is 64.7 Å². The molecule has 0 unspecified atom stereocenters. The van der Waals surface area contributed by atoms with E-state index in [0.29, 0.717) is 25.2 Å². The van der Waals surface area contributed by atoms with E-state index >= 15 is 0 Å². The van der Waals surface area contributed by atoms with Gasteiger partial charge in [-0.05, 0) is 36.1 Å². The summed E-state index contributed by atoms with van der Waals surface area (Å²) in [5, 5.41) is 2.33. The molecule has 0 saturated carbocycles. The standard InChI is InChI=1S/C26H34O4/c1-21(2)26(28)30-18-12-8-6-4-3-5-7-11-17-29-25(27)20-22-15-16-23-13-9-10-14-24(23)19-22/h9-10,13-16,19H,1,3-8,11-12,17-18,20H2,2H3. The van der Waals surface area contributed by atoms with E-state index in [1.54, 1.807) is 6.92 Å². The Morgan fingerprint density at radius 3 is 1.97 bits per heavy atom. The molecule has 0 bridgehead atoms. The minimum Gasteiger partial charge on any atom is -0.465 e. The summed E-state index contributed by atoms with van der Waals surface area (Å²) < 4.78 is 10.5. The number of hydrogen-bond acceptors (Lipinski definition) is 4. The first-order chi connectivity index (χ1) is 14.6. The van der Waals surface area contributed by atoms with Gasteiger partial charge in [0.25, 0.3) is 0 Å². The largest absolute Gasteiger partial charge is 0.465 e. The van der Waals surface area contributed by atoms with Crippen LogP contribution >= 0.6 is 0 Å². The highest BCUT2D eigenvalue weighted by molar-refractivity contribution is 5.87. The number of unbranched alkanes of at least 4 members (excludes halogenated alkanes) is 7. The van der Waals surface area contributed by atoms with Crippen LogP contribution in [0.5, 0.6) is 0 Å². The maximum absolute atomic E-state index is 12.0. The van der Waals surface area contributed by atoms with Crippen LogP contribution in [-0.4, -0.2) is 25.2 Å². The summed E-state index contributed by atoms with van der Waals surface area (Å²) in [7, 11) is 0. The van der Waals surface area contributed by atoms with Crippen LogP contribution in [0.4, 0.5) is 0 Å². The van der Waals surface area contributed by atoms with Crippen LogP contribution in [0, 0.1) is 0 Å². The van der Waals surface area contributed by atoms with Gasteiger partial charge in [-0.15, -0.1) is 0 Å². The predicted molar refractivity (Wildman–Crippen MR) is 121 cm³/mol. The minimum absolute atomic E-state index is 0.155. The first-order valence-electron chi connectivity index (χ1n) is 11.0. The molecule has 0 fully saturated rings. The van der Waals surface area contributed by atoms with Gasteiger partial charge in [-0.2, -0.15) is 0 Å². The van der Waals surface area contributed by atoms with Crippen LogP contribution in [0.25, 0.3) is 10.8 Å². The highest BCUT2D eigenvalue weighted by atomic mass is 16.5. The Morgan fingerprint density at radius 1 is 0.767 bits per heavy atom. The molecule has 0 saturated heterocycles. The topological polar surface area (TPSA) is 52.6 Å². The van der Waals surface area contributed by atoms with Crippen molar-refractivity contribution in [1.82, 2.24) is 0 Å². The van der Waals surface area contributed by atoms with Crippen molar-refractivity contribution in [3.05, 3.63) is 60.2 Å². The summed E-state index contributed by atoms with van der Waals surface area (Å²) in [6.45, 7) is 6.20. The van der Waals surface area contributed by atoms with Crippen LogP contribution in [-0.2, 0) is 25.5 Å². The normalized spacial score (nSPS) is 10.7. The fraction of sp³-hybridized carbons (Fsp3) is 0.462. The predicted octanol–water partition coefficient (Wildman–Crippen LogP) is 6.17. The van der Waals surface area contributed by atoms with E-state index in [2.05, 4.69) is 24.8 Å². The first kappa shape index (κ1) is 23.7. The van der Waals surface area contributed by atoms with Gasteiger partial charge in [-0.3, -0.25) is 4.79 Å². The lowest BCUT2D eigenvalue weighted by Crippen LogP contribution is -2.09. The average molecular weight is 411 g/mol. The second-order valence-electron chi connectivity index (χ2n) is 7.82. The smallest absolute Gasteiger partial charge is 0.333 e. The van der Waals surface area contributed by atoms with Gasteiger partial charge < -0.3 is 9.47 Å². The number of esters is 2. The Hall–Kier alpha value is -2.62. The Morgan fingerprint density at radius 2 is 1.33 bits per heavy atom. The molecule has 2 aromatic rings. The van der Waals surface area contributed by atoms with E-state index in [1.165, 1.54) is 18.2 Å². The third-order valence-electron chi connectivity index (χ3n) is 5.05. The number of carbonyl (C=O) groups excluding carboxylic acids is 2. The van der Waals surface area contributed by atoms with Crippen molar-refractivity contribution in [3.8, 4) is 0 Å². The quantitative estimate of drug-likeness (QED) is 0.212. The van der Waals surface area contributed by atoms with Crippen LogP contribution < -0.4 is 0 Å². The van der Waals surface area contributed by atoms with Crippen molar-refractivity contribution < 1.29 is 19.1 Å². The summed E-state index contributed by atoms with van der Waals surface area (Å²) in [6.07, 6.45) is 9.01. The third-order valence-corrected chi connectivity index (χ3v) is 5.05. The second kappa shape index (κ2) is 13.6. The van der Waals surface area contributed by atoms with Gasteiger partial charge in [0, 0.05) is 5.57 Å². The molecular weight excluding hydrogens is 376 g/mol. The fourth-order valence-corrected chi connectivity index (χ4v) is 3.31. The molecule has 0 spiro atoms. The summed E-state index contributed by atoms with van der Waals surface area (Å²) in [5.41, 5.74) is 1.45. The van der Waals surface area contributed by atoms with E-state index in [0.717, 1.165) is 49.5 Å². The molecular formula is C26H34O4. The monoisotopic (exact) mass is 410 g/mol. The molecule has 0 atom stereocenters. The zero-order valence-electron chi connectivity index (χ0n) is 18.2. The molecule has 0 aliphatic carbocycles. The van der Waals surface area contributed by atoms with Gasteiger partial charge in [0.2, 0.25) is 0 Å². The second-order valence-corrected chi connectivity index (χ2v) is 7.82. The number of ether oxygens (including phenoxy) is 2. The molecule has 0 aliphatic heterocycles. The molecule has 0 aliphatic rings. The third kappa shape index (κ3) is 9.25. The van der Waals surface area contributed by atoms with Crippen molar-refractivity contribution >= 4 is 22.7 Å². The lowest BCUT2D eigenvalue weighted by Gasteiger charge is -2.06. The molecule has 4 heteroatoms. The molecule has 2 rings (SSSR count). The maximum Gasteiger partial charge on any atom is 0.333 e. The van der Waals surface area contributed by atoms with E-state index < -0.39 is 0 Å². The molecule has 4 nitrogen and oxygen atoms in total. The van der Waals surface area contributed by atoms with E-state index in [-0.39, 0.29) is 11.9 Å². The lowest BCUT2D eigenvalue weighted by atomic mass is 10.1. The summed E-state index contributed by atoms with van der Waals surface area (Å²) >= 11 is 0. The molecule has 0 heterocycles. The number of hydrogen-bond donors (Lipinski definition) is 0. The highest BCUT2D eigenvalue weighted by Crippen LogP contribution is 2.16. The van der Waals surface area contributed by atoms with E-state index in [1.807, 2.05) is 24.3 Å². The van der Waals surface area contributed by atoms with Crippen molar-refractivity contribution in [2.75, 3.05) is 13.2 Å². The van der Waals surface area contributed by atoms with Gasteiger partial charge in [0.05, 0.1) is 19.6 Å². The molecule has 0 aromatic heterocycles. The number of carbonyl (C=O) groups is 2. The van der Waals surface area contributed by atoms with Crippen LogP contribution in [0.3, 0.4) is 0 Å². The number of fused-ring (bicyclic) bond motifs is 1. The Balaban J connectivity index is 1.43. The van der Waals surface area contributed by atoms with Gasteiger partial charge in [0.1, 0.15) is 0 Å². The first-order valence-corrected chi connectivity index (χ1v) is 11.0. The van der Waals surface area contributed by atoms with Crippen LogP contribution in [0.15, 0.2) is 54.6 Å². The zero-order chi connectivity index (χ0) is 21.6. The molecule has 162 valence electrons. The molecule has 2 aromatic carbocycles. The average Bonchev–Trinajstić information content (AvgIpc) is 2.74. The van der Waals surface area contributed by atoms with Crippen molar-refractivity contribution in [3.63, 3.8) is 0 Å². The van der Waals surface area contributed by atoms with Crippen LogP contribution in [0.2, 0.25) is 0 Å². The Labute approximate surface area is 180 Å². The SMILES string of the molecule is C=C(C)C(=O)OCCCCCCCCCCOC(=O)Cc1ccc2ccccc2c1. The number of benzene rings is 2. The Bertz CT molecular complexity index is 825. The van der Waals surface area contributed by atoms with Crippen LogP contribution in [0.1, 0.15) is 63.9 Å². The summed E-state index contributed by atoms with van der Waals surface area (Å²) in [5.74, 6) is -0.453. The molecule has 0 N–H and O–H groups in total. The molecule has 0 amide bonds. The highest BCUT2D eigenvalue weighted by Gasteiger charge is 2.06. The maximum atomic E-state index is 12.0. The fourth-order valence-electron chi connectivity index (χ4n) is 3.31. The Kier molecular flexibility index (Phi) is 10.7. The van der Waals surface area contributed by atoms with Gasteiger partial charge >= 0.3 is 11.9 Å². The van der Waals surface area contributed by atoms with Gasteiger partial charge in [-0.1, -0.05) is 87.6 Å². The van der Waals surface area contributed by atoms with Gasteiger partial charge in [-0.25, -0.2) is 4.79 Å². The zero-order valence-corrected chi connectivity index (χ0v) is 18.2. The lowest BCUT2D eigenvalue weighted by molar-refractivity contribution is -0.143. The van der Waals surface area contributed by atoms with E-state index in [4.69, 9.17) is 9.47 Å². The molecule has 30 heavy (non-hydrogen) atoms. The minimum atomic E-state index is -0.298. The molecule has 0 radical (unpaired) electrons. The summed E-state index contributed by atoms with van der Waals surface area (Å²) in [6, 6.07) is 14.2. The summed E-state index contributed by atoms with van der Waals surface area (Å²) in [4.78, 5) is 23.3. The van der Waals surface area contributed by atoms with Crippen molar-refractivity contribution in [1.29, 1.82) is 0 Å². The van der Waals surface area contributed by atoms with Crippen molar-refractivity contribution in [2.24, 2.45) is 0 Å².